The largest absolute Gasteiger partial charge is 0.352 e. The SMILES string of the molecule is C[C@@H](CN1CCC(n2c(=O)[nH]c3cc(Cl)ccc32)CC1)NC(=O)C1CC1c1ccccc1. The molecule has 2 N–H and O–H groups in total. The molecule has 1 aromatic heterocycles. The van der Waals surface area contributed by atoms with Crippen LogP contribution in [0.25, 0.3) is 11.0 Å². The number of amides is 1. The Morgan fingerprint density at radius 1 is 1.19 bits per heavy atom. The van der Waals surface area contributed by atoms with Crippen LogP contribution in [0.3, 0.4) is 0 Å². The smallest absolute Gasteiger partial charge is 0.326 e. The Bertz CT molecular complexity index is 1160. The second-order valence-corrected chi connectivity index (χ2v) is 9.70. The third kappa shape index (κ3) is 4.34. The van der Waals surface area contributed by atoms with Gasteiger partial charge in [0.1, 0.15) is 0 Å². The second kappa shape index (κ2) is 8.75. The lowest BCUT2D eigenvalue weighted by Crippen LogP contribution is -2.45. The molecule has 2 unspecified atom stereocenters. The van der Waals surface area contributed by atoms with Crippen molar-refractivity contribution < 1.29 is 4.79 Å². The molecule has 32 heavy (non-hydrogen) atoms. The Morgan fingerprint density at radius 3 is 2.69 bits per heavy atom. The summed E-state index contributed by atoms with van der Waals surface area (Å²) in [6.07, 6.45) is 2.77. The van der Waals surface area contributed by atoms with Gasteiger partial charge in [-0.15, -0.1) is 0 Å². The molecule has 1 saturated heterocycles. The Hall–Kier alpha value is -2.57. The molecule has 168 valence electrons. The molecule has 1 aliphatic heterocycles. The van der Waals surface area contributed by atoms with E-state index >= 15 is 0 Å². The van der Waals surface area contributed by atoms with E-state index in [-0.39, 0.29) is 29.6 Å². The topological polar surface area (TPSA) is 70.1 Å². The number of fused-ring (bicyclic) bond motifs is 1. The van der Waals surface area contributed by atoms with Crippen LogP contribution in [0.15, 0.2) is 53.3 Å². The zero-order valence-corrected chi connectivity index (χ0v) is 19.0. The van der Waals surface area contributed by atoms with E-state index in [0.717, 1.165) is 49.9 Å². The number of aromatic nitrogens is 2. The molecule has 2 fully saturated rings. The normalized spacial score (nSPS) is 22.7. The molecule has 2 aliphatic rings. The summed E-state index contributed by atoms with van der Waals surface area (Å²) in [5.74, 6) is 0.640. The van der Waals surface area contributed by atoms with Crippen molar-refractivity contribution in [2.45, 2.75) is 44.2 Å². The number of benzene rings is 2. The Morgan fingerprint density at radius 2 is 1.94 bits per heavy atom. The number of H-pyrrole nitrogens is 1. The molecule has 0 bridgehead atoms. The lowest BCUT2D eigenvalue weighted by Gasteiger charge is -2.34. The number of nitrogens with one attached hydrogen (secondary N) is 2. The van der Waals surface area contributed by atoms with Gasteiger partial charge in [-0.25, -0.2) is 4.79 Å². The van der Waals surface area contributed by atoms with Gasteiger partial charge < -0.3 is 15.2 Å². The minimum Gasteiger partial charge on any atom is -0.352 e. The third-order valence-electron chi connectivity index (χ3n) is 6.88. The fourth-order valence-electron chi connectivity index (χ4n) is 5.16. The van der Waals surface area contributed by atoms with Crippen molar-refractivity contribution in [1.82, 2.24) is 19.8 Å². The van der Waals surface area contributed by atoms with Crippen molar-refractivity contribution in [3.05, 3.63) is 69.6 Å². The van der Waals surface area contributed by atoms with E-state index < -0.39 is 0 Å². The number of aromatic amines is 1. The van der Waals surface area contributed by atoms with Crippen molar-refractivity contribution in [3.8, 4) is 0 Å². The first-order valence-electron chi connectivity index (χ1n) is 11.5. The van der Waals surface area contributed by atoms with Crippen molar-refractivity contribution in [2.24, 2.45) is 5.92 Å². The molecule has 7 heteroatoms. The Kier molecular flexibility index (Phi) is 5.82. The quantitative estimate of drug-likeness (QED) is 0.595. The Balaban J connectivity index is 1.13. The van der Waals surface area contributed by atoms with E-state index in [1.54, 1.807) is 6.07 Å². The van der Waals surface area contributed by atoms with Gasteiger partial charge in [-0.3, -0.25) is 9.36 Å². The number of piperidine rings is 1. The Labute approximate surface area is 192 Å². The molecule has 3 aromatic rings. The van der Waals surface area contributed by atoms with E-state index in [4.69, 9.17) is 11.6 Å². The molecule has 0 spiro atoms. The fraction of sp³-hybridized carbons (Fsp3) is 0.440. The average Bonchev–Trinajstić information content (AvgIpc) is 3.52. The van der Waals surface area contributed by atoms with E-state index in [1.807, 2.05) is 34.9 Å². The summed E-state index contributed by atoms with van der Waals surface area (Å²) < 4.78 is 1.88. The minimum absolute atomic E-state index is 0.0706. The maximum atomic E-state index is 12.7. The molecule has 1 saturated carbocycles. The number of halogens is 1. The zero-order valence-electron chi connectivity index (χ0n) is 18.3. The van der Waals surface area contributed by atoms with Crippen molar-refractivity contribution in [3.63, 3.8) is 0 Å². The second-order valence-electron chi connectivity index (χ2n) is 9.26. The number of carbonyl (C=O) groups is 1. The van der Waals surface area contributed by atoms with Crippen LogP contribution in [0.1, 0.15) is 43.7 Å². The first kappa shape index (κ1) is 21.3. The highest BCUT2D eigenvalue weighted by atomic mass is 35.5. The molecule has 6 nitrogen and oxygen atoms in total. The predicted molar refractivity (Wildman–Crippen MR) is 127 cm³/mol. The first-order valence-corrected chi connectivity index (χ1v) is 11.8. The molecular formula is C25H29ClN4O2. The number of likely N-dealkylation sites (tertiary alicyclic amines) is 1. The summed E-state index contributed by atoms with van der Waals surface area (Å²) in [5, 5.41) is 3.84. The van der Waals surface area contributed by atoms with Crippen LogP contribution in [0.5, 0.6) is 0 Å². The van der Waals surface area contributed by atoms with Crippen LogP contribution < -0.4 is 11.0 Å². The maximum Gasteiger partial charge on any atom is 0.326 e. The number of imidazole rings is 1. The van der Waals surface area contributed by atoms with E-state index in [0.29, 0.717) is 10.9 Å². The molecule has 1 aliphatic carbocycles. The number of nitrogens with zero attached hydrogens (tertiary/aromatic N) is 2. The average molecular weight is 453 g/mol. The number of hydrogen-bond donors (Lipinski definition) is 2. The summed E-state index contributed by atoms with van der Waals surface area (Å²) >= 11 is 6.06. The van der Waals surface area contributed by atoms with Gasteiger partial charge in [0.15, 0.2) is 0 Å². The standard InChI is InChI=1S/C25H29ClN4O2/c1-16(27-24(31)21-14-20(21)17-5-3-2-4-6-17)15-29-11-9-19(10-12-29)30-23-8-7-18(26)13-22(23)28-25(30)32/h2-8,13,16,19-21H,9-12,14-15H2,1H3,(H,27,31)(H,28,32)/t16-,20?,21?/m0/s1. The van der Waals surface area contributed by atoms with Gasteiger partial charge in [0.25, 0.3) is 0 Å². The van der Waals surface area contributed by atoms with Crippen LogP contribution in [0.2, 0.25) is 5.02 Å². The van der Waals surface area contributed by atoms with Crippen LogP contribution in [-0.4, -0.2) is 46.0 Å². The summed E-state index contributed by atoms with van der Waals surface area (Å²) in [7, 11) is 0. The maximum absolute atomic E-state index is 12.7. The molecule has 2 heterocycles. The molecule has 1 amide bonds. The van der Waals surface area contributed by atoms with Gasteiger partial charge in [0.2, 0.25) is 5.91 Å². The monoisotopic (exact) mass is 452 g/mol. The van der Waals surface area contributed by atoms with Gasteiger partial charge in [-0.2, -0.15) is 0 Å². The van der Waals surface area contributed by atoms with Crippen LogP contribution in [0.4, 0.5) is 0 Å². The molecule has 3 atom stereocenters. The molecular weight excluding hydrogens is 424 g/mol. The van der Waals surface area contributed by atoms with Gasteiger partial charge in [-0.1, -0.05) is 41.9 Å². The predicted octanol–water partition coefficient (Wildman–Crippen LogP) is 3.93. The van der Waals surface area contributed by atoms with Crippen molar-refractivity contribution in [2.75, 3.05) is 19.6 Å². The number of carbonyl (C=O) groups excluding carboxylic acids is 1. The van der Waals surface area contributed by atoms with Gasteiger partial charge in [0.05, 0.1) is 11.0 Å². The summed E-state index contributed by atoms with van der Waals surface area (Å²) in [5.41, 5.74) is 2.89. The lowest BCUT2D eigenvalue weighted by atomic mass is 10.0. The summed E-state index contributed by atoms with van der Waals surface area (Å²) in [6.45, 7) is 4.73. The highest BCUT2D eigenvalue weighted by Gasteiger charge is 2.44. The van der Waals surface area contributed by atoms with Gasteiger partial charge in [-0.05, 0) is 55.9 Å². The highest BCUT2D eigenvalue weighted by Crippen LogP contribution is 2.47. The lowest BCUT2D eigenvalue weighted by molar-refractivity contribution is -0.123. The fourth-order valence-corrected chi connectivity index (χ4v) is 5.33. The van der Waals surface area contributed by atoms with E-state index in [2.05, 4.69) is 34.3 Å². The molecule has 0 radical (unpaired) electrons. The molecule has 5 rings (SSSR count). The van der Waals surface area contributed by atoms with Gasteiger partial charge >= 0.3 is 5.69 Å². The molecule has 2 aromatic carbocycles. The third-order valence-corrected chi connectivity index (χ3v) is 7.11. The number of rotatable bonds is 6. The summed E-state index contributed by atoms with van der Waals surface area (Å²) in [4.78, 5) is 30.5. The van der Waals surface area contributed by atoms with Crippen LogP contribution in [-0.2, 0) is 4.79 Å². The van der Waals surface area contributed by atoms with Crippen LogP contribution in [0, 0.1) is 5.92 Å². The summed E-state index contributed by atoms with van der Waals surface area (Å²) in [6, 6.07) is 16.1. The zero-order chi connectivity index (χ0) is 22.2. The van der Waals surface area contributed by atoms with E-state index in [9.17, 15) is 9.59 Å². The highest BCUT2D eigenvalue weighted by molar-refractivity contribution is 6.31. The van der Waals surface area contributed by atoms with Crippen LogP contribution >= 0.6 is 11.6 Å². The van der Waals surface area contributed by atoms with E-state index in [1.165, 1.54) is 5.56 Å². The minimum atomic E-state index is -0.0706. The van der Waals surface area contributed by atoms with Crippen molar-refractivity contribution >= 4 is 28.5 Å². The first-order chi connectivity index (χ1) is 15.5. The van der Waals surface area contributed by atoms with Gasteiger partial charge in [0, 0.05) is 42.7 Å². The van der Waals surface area contributed by atoms with Crippen molar-refractivity contribution in [1.29, 1.82) is 0 Å². The number of hydrogen-bond acceptors (Lipinski definition) is 3.